The highest BCUT2D eigenvalue weighted by Crippen LogP contribution is 2.34. The third-order valence-electron chi connectivity index (χ3n) is 2.57. The highest BCUT2D eigenvalue weighted by molar-refractivity contribution is 9.09. The number of halogens is 1. The van der Waals surface area contributed by atoms with Crippen LogP contribution in [0, 0.1) is 6.92 Å². The number of hydrogen-bond donors (Lipinski definition) is 0. The summed E-state index contributed by atoms with van der Waals surface area (Å²) in [5, 5.41) is 2.19. The summed E-state index contributed by atoms with van der Waals surface area (Å²) in [5.74, 6) is 0.643. The van der Waals surface area contributed by atoms with Gasteiger partial charge in [0.2, 0.25) is 0 Å². The van der Waals surface area contributed by atoms with Crippen molar-refractivity contribution in [2.45, 2.75) is 30.5 Å². The highest BCUT2D eigenvalue weighted by Gasteiger charge is 2.18. The van der Waals surface area contributed by atoms with Crippen LogP contribution in [0.2, 0.25) is 0 Å². The Labute approximate surface area is 91.8 Å². The number of thiophene rings is 1. The topological polar surface area (TPSA) is 0 Å². The molecule has 1 heterocycles. The van der Waals surface area contributed by atoms with E-state index in [1.165, 1.54) is 23.3 Å². The summed E-state index contributed by atoms with van der Waals surface area (Å²) in [7, 11) is 0. The first-order valence-corrected chi connectivity index (χ1v) is 6.41. The number of alkyl halides is 1. The second-order valence-electron chi connectivity index (χ2n) is 3.54. The van der Waals surface area contributed by atoms with Gasteiger partial charge in [-0.2, -0.15) is 0 Å². The van der Waals surface area contributed by atoms with Crippen molar-refractivity contribution in [3.8, 4) is 0 Å². The number of aryl methyl sites for hydroxylation is 1. The first kappa shape index (κ1) is 9.47. The number of allylic oxidation sites excluding steroid dienone is 2. The predicted octanol–water partition coefficient (Wildman–Crippen LogP) is 4.25. The number of hydrogen-bond acceptors (Lipinski definition) is 1. The zero-order valence-corrected chi connectivity index (χ0v) is 10.1. The van der Waals surface area contributed by atoms with E-state index in [2.05, 4.69) is 46.5 Å². The molecule has 2 atom stereocenters. The van der Waals surface area contributed by atoms with E-state index in [-0.39, 0.29) is 0 Å². The molecule has 0 spiro atoms. The van der Waals surface area contributed by atoms with Gasteiger partial charge in [-0.15, -0.1) is 11.3 Å². The first-order chi connectivity index (χ1) is 6.27. The van der Waals surface area contributed by atoms with Crippen molar-refractivity contribution < 1.29 is 0 Å². The summed E-state index contributed by atoms with van der Waals surface area (Å²) in [5.41, 5.74) is 1.52. The largest absolute Gasteiger partial charge is 0.149 e. The molecule has 13 heavy (non-hydrogen) atoms. The SMILES string of the molecule is Cc1sccc1C1C=CCC(Br)C1. The van der Waals surface area contributed by atoms with Crippen LogP contribution in [-0.2, 0) is 0 Å². The van der Waals surface area contributed by atoms with Gasteiger partial charge in [-0.05, 0) is 36.8 Å². The smallest absolute Gasteiger partial charge is 0.0189 e. The minimum atomic E-state index is 0.643. The monoisotopic (exact) mass is 256 g/mol. The van der Waals surface area contributed by atoms with Crippen LogP contribution in [0.25, 0.3) is 0 Å². The highest BCUT2D eigenvalue weighted by atomic mass is 79.9. The maximum atomic E-state index is 3.69. The van der Waals surface area contributed by atoms with Crippen LogP contribution in [0.15, 0.2) is 23.6 Å². The summed E-state index contributed by atoms with van der Waals surface area (Å²) in [6.07, 6.45) is 7.07. The van der Waals surface area contributed by atoms with Crippen molar-refractivity contribution in [1.29, 1.82) is 0 Å². The van der Waals surface area contributed by atoms with Crippen LogP contribution < -0.4 is 0 Å². The maximum Gasteiger partial charge on any atom is 0.0189 e. The Balaban J connectivity index is 2.22. The van der Waals surface area contributed by atoms with Gasteiger partial charge in [0.05, 0.1) is 0 Å². The summed E-state index contributed by atoms with van der Waals surface area (Å²) >= 11 is 5.54. The van der Waals surface area contributed by atoms with Crippen molar-refractivity contribution in [2.75, 3.05) is 0 Å². The van der Waals surface area contributed by atoms with E-state index in [0.29, 0.717) is 10.7 Å². The third kappa shape index (κ3) is 2.05. The lowest BCUT2D eigenvalue weighted by Crippen LogP contribution is -2.08. The van der Waals surface area contributed by atoms with E-state index in [1.54, 1.807) is 0 Å². The minimum absolute atomic E-state index is 0.643. The average molecular weight is 257 g/mol. The second kappa shape index (κ2) is 3.97. The molecule has 0 N–H and O–H groups in total. The van der Waals surface area contributed by atoms with Crippen LogP contribution in [0.3, 0.4) is 0 Å². The molecule has 1 aliphatic carbocycles. The summed E-state index contributed by atoms with van der Waals surface area (Å²) in [4.78, 5) is 2.14. The fourth-order valence-corrected chi connectivity index (χ4v) is 3.24. The molecule has 0 saturated heterocycles. The Kier molecular flexibility index (Phi) is 2.89. The van der Waals surface area contributed by atoms with Crippen LogP contribution in [0.1, 0.15) is 29.2 Å². The molecule has 1 aliphatic rings. The molecule has 0 aromatic carbocycles. The number of rotatable bonds is 1. The maximum absolute atomic E-state index is 3.69. The van der Waals surface area contributed by atoms with Gasteiger partial charge in [-0.3, -0.25) is 0 Å². The normalized spacial score (nSPS) is 27.8. The van der Waals surface area contributed by atoms with Gasteiger partial charge in [0.25, 0.3) is 0 Å². The zero-order valence-electron chi connectivity index (χ0n) is 7.66. The van der Waals surface area contributed by atoms with E-state index in [9.17, 15) is 0 Å². The lowest BCUT2D eigenvalue weighted by atomic mass is 9.90. The molecule has 2 rings (SSSR count). The predicted molar refractivity (Wildman–Crippen MR) is 62.9 cm³/mol. The van der Waals surface area contributed by atoms with Crippen LogP contribution in [0.5, 0.6) is 0 Å². The molecule has 0 bridgehead atoms. The first-order valence-electron chi connectivity index (χ1n) is 4.62. The van der Waals surface area contributed by atoms with Gasteiger partial charge in [0.1, 0.15) is 0 Å². The molecule has 0 radical (unpaired) electrons. The van der Waals surface area contributed by atoms with Crippen LogP contribution in [-0.4, -0.2) is 4.83 Å². The van der Waals surface area contributed by atoms with Gasteiger partial charge in [0, 0.05) is 15.6 Å². The molecule has 0 aliphatic heterocycles. The molecule has 1 aromatic rings. The van der Waals surface area contributed by atoms with Gasteiger partial charge in [0.15, 0.2) is 0 Å². The molecule has 0 amide bonds. The Morgan fingerprint density at radius 1 is 1.54 bits per heavy atom. The molecule has 2 unspecified atom stereocenters. The lowest BCUT2D eigenvalue weighted by molar-refractivity contribution is 0.676. The molecule has 0 nitrogen and oxygen atoms in total. The summed E-state index contributed by atoms with van der Waals surface area (Å²) in [6.45, 7) is 2.21. The Morgan fingerprint density at radius 3 is 3.00 bits per heavy atom. The van der Waals surface area contributed by atoms with E-state index < -0.39 is 0 Å². The van der Waals surface area contributed by atoms with Gasteiger partial charge in [-0.1, -0.05) is 28.1 Å². The standard InChI is InChI=1S/C11H13BrS/c1-8-11(5-6-13-8)9-3-2-4-10(12)7-9/h2-3,5-6,9-10H,4,7H2,1H3. The summed E-state index contributed by atoms with van der Waals surface area (Å²) < 4.78 is 0. The lowest BCUT2D eigenvalue weighted by Gasteiger charge is -2.20. The Hall–Kier alpha value is -0.0800. The minimum Gasteiger partial charge on any atom is -0.149 e. The van der Waals surface area contributed by atoms with Crippen LogP contribution >= 0.6 is 27.3 Å². The quantitative estimate of drug-likeness (QED) is 0.521. The molecule has 70 valence electrons. The fraction of sp³-hybridized carbons (Fsp3) is 0.455. The van der Waals surface area contributed by atoms with Crippen molar-refractivity contribution in [3.63, 3.8) is 0 Å². The Morgan fingerprint density at radius 2 is 2.38 bits per heavy atom. The molecule has 0 saturated carbocycles. The van der Waals surface area contributed by atoms with Gasteiger partial charge >= 0.3 is 0 Å². The average Bonchev–Trinajstić information content (AvgIpc) is 2.51. The molecular formula is C11H13BrS. The van der Waals surface area contributed by atoms with E-state index in [4.69, 9.17) is 0 Å². The molecule has 0 fully saturated rings. The second-order valence-corrected chi connectivity index (χ2v) is 5.95. The van der Waals surface area contributed by atoms with Gasteiger partial charge in [-0.25, -0.2) is 0 Å². The van der Waals surface area contributed by atoms with Crippen molar-refractivity contribution in [2.24, 2.45) is 0 Å². The van der Waals surface area contributed by atoms with E-state index >= 15 is 0 Å². The summed E-state index contributed by atoms with van der Waals surface area (Å²) in [6, 6.07) is 2.26. The Bertz CT molecular complexity index is 314. The van der Waals surface area contributed by atoms with Crippen LogP contribution in [0.4, 0.5) is 0 Å². The van der Waals surface area contributed by atoms with Gasteiger partial charge < -0.3 is 0 Å². The zero-order chi connectivity index (χ0) is 9.26. The fourth-order valence-electron chi connectivity index (χ4n) is 1.85. The molecular weight excluding hydrogens is 244 g/mol. The van der Waals surface area contributed by atoms with E-state index in [0.717, 1.165) is 0 Å². The molecule has 2 heteroatoms. The van der Waals surface area contributed by atoms with Crippen molar-refractivity contribution >= 4 is 27.3 Å². The molecule has 1 aromatic heterocycles. The van der Waals surface area contributed by atoms with Crippen molar-refractivity contribution in [1.82, 2.24) is 0 Å². The van der Waals surface area contributed by atoms with E-state index in [1.807, 2.05) is 11.3 Å². The van der Waals surface area contributed by atoms with Crippen molar-refractivity contribution in [3.05, 3.63) is 34.0 Å². The third-order valence-corrected chi connectivity index (χ3v) is 4.18.